The quantitative estimate of drug-likeness (QED) is 0.826. The van der Waals surface area contributed by atoms with Crippen molar-refractivity contribution >= 4 is 33.4 Å². The molecule has 2 aromatic heterocycles. The highest BCUT2D eigenvalue weighted by molar-refractivity contribution is 7.18. The molecule has 0 saturated carbocycles. The Morgan fingerprint density at radius 1 is 1.45 bits per heavy atom. The van der Waals surface area contributed by atoms with Crippen LogP contribution in [0.4, 0.5) is 0 Å². The number of hydrogen-bond donors (Lipinski definition) is 2. The maximum Gasteiger partial charge on any atom is 0.326 e. The predicted molar refractivity (Wildman–Crippen MR) is 83.1 cm³/mol. The van der Waals surface area contributed by atoms with Crippen LogP contribution in [0.15, 0.2) is 17.2 Å². The summed E-state index contributed by atoms with van der Waals surface area (Å²) >= 11 is 1.45. The van der Waals surface area contributed by atoms with Gasteiger partial charge in [0.15, 0.2) is 0 Å². The lowest BCUT2D eigenvalue weighted by atomic mass is 10.2. The van der Waals surface area contributed by atoms with Crippen LogP contribution in [0.25, 0.3) is 10.2 Å². The van der Waals surface area contributed by atoms with Gasteiger partial charge in [0.2, 0.25) is 5.91 Å². The summed E-state index contributed by atoms with van der Waals surface area (Å²) < 4.78 is 1.19. The second-order valence-electron chi connectivity index (χ2n) is 4.83. The topological polar surface area (TPSA) is 101 Å². The lowest BCUT2D eigenvalue weighted by molar-refractivity contribution is -0.142. The van der Waals surface area contributed by atoms with Gasteiger partial charge in [-0.3, -0.25) is 14.2 Å². The molecule has 8 heteroatoms. The standard InChI is InChI=1S/C14H17N3O4S/c1-3-8-5-9-12(22-8)15-7-17(13(9)19)6-11(18)16-10(4-2)14(20)21/h5,7,10H,3-4,6H2,1-2H3,(H,16,18)(H,20,21). The number of rotatable bonds is 6. The molecule has 0 aliphatic carbocycles. The largest absolute Gasteiger partial charge is 0.480 e. The Morgan fingerprint density at radius 3 is 2.77 bits per heavy atom. The molecular formula is C14H17N3O4S. The van der Waals surface area contributed by atoms with E-state index in [2.05, 4.69) is 10.3 Å². The second-order valence-corrected chi connectivity index (χ2v) is 5.94. The first-order chi connectivity index (χ1) is 10.5. The number of carboxylic acid groups (broad SMARTS) is 1. The highest BCUT2D eigenvalue weighted by Gasteiger charge is 2.18. The first kappa shape index (κ1) is 16.2. The van der Waals surface area contributed by atoms with Gasteiger partial charge in [-0.1, -0.05) is 13.8 Å². The fraction of sp³-hybridized carbons (Fsp3) is 0.429. The molecule has 118 valence electrons. The first-order valence-electron chi connectivity index (χ1n) is 6.96. The first-order valence-corrected chi connectivity index (χ1v) is 7.77. The number of nitrogens with zero attached hydrogens (tertiary/aromatic N) is 2. The van der Waals surface area contributed by atoms with Crippen LogP contribution in [0, 0.1) is 0 Å². The molecule has 2 heterocycles. The van der Waals surface area contributed by atoms with Crippen molar-refractivity contribution in [3.05, 3.63) is 27.6 Å². The van der Waals surface area contributed by atoms with Crippen LogP contribution in [0.2, 0.25) is 0 Å². The van der Waals surface area contributed by atoms with Gasteiger partial charge in [-0.15, -0.1) is 11.3 Å². The zero-order chi connectivity index (χ0) is 16.3. The molecule has 0 aromatic carbocycles. The Morgan fingerprint density at radius 2 is 2.18 bits per heavy atom. The Bertz CT molecular complexity index is 765. The zero-order valence-corrected chi connectivity index (χ0v) is 13.1. The average molecular weight is 323 g/mol. The zero-order valence-electron chi connectivity index (χ0n) is 12.3. The number of aromatic nitrogens is 2. The fourth-order valence-corrected chi connectivity index (χ4v) is 2.96. The molecular weight excluding hydrogens is 306 g/mol. The monoisotopic (exact) mass is 323 g/mol. The van der Waals surface area contributed by atoms with Gasteiger partial charge >= 0.3 is 5.97 Å². The summed E-state index contributed by atoms with van der Waals surface area (Å²) in [6.07, 6.45) is 2.41. The molecule has 2 rings (SSSR count). The van der Waals surface area contributed by atoms with Crippen molar-refractivity contribution in [2.45, 2.75) is 39.3 Å². The number of fused-ring (bicyclic) bond motifs is 1. The van der Waals surface area contributed by atoms with Gasteiger partial charge in [0.05, 0.1) is 11.7 Å². The molecule has 2 aromatic rings. The third kappa shape index (κ3) is 3.33. The van der Waals surface area contributed by atoms with E-state index in [-0.39, 0.29) is 18.5 Å². The Labute approximate surface area is 130 Å². The van der Waals surface area contributed by atoms with E-state index in [1.165, 1.54) is 22.2 Å². The van der Waals surface area contributed by atoms with Crippen LogP contribution < -0.4 is 10.9 Å². The third-order valence-electron chi connectivity index (χ3n) is 3.27. The number of carbonyl (C=O) groups excluding carboxylic acids is 1. The lowest BCUT2D eigenvalue weighted by Gasteiger charge is -2.12. The van der Waals surface area contributed by atoms with Crippen LogP contribution in [0.3, 0.4) is 0 Å². The van der Waals surface area contributed by atoms with Crippen LogP contribution in [0.5, 0.6) is 0 Å². The Kier molecular flexibility index (Phi) is 4.92. The van der Waals surface area contributed by atoms with E-state index in [0.717, 1.165) is 11.3 Å². The number of aliphatic carboxylic acids is 1. The van der Waals surface area contributed by atoms with E-state index in [9.17, 15) is 14.4 Å². The smallest absolute Gasteiger partial charge is 0.326 e. The van der Waals surface area contributed by atoms with Gasteiger partial charge in [0, 0.05) is 4.88 Å². The Balaban J connectivity index is 2.21. The minimum Gasteiger partial charge on any atom is -0.480 e. The summed E-state index contributed by atoms with van der Waals surface area (Å²) in [5.74, 6) is -1.62. The second kappa shape index (κ2) is 6.69. The van der Waals surface area contributed by atoms with Gasteiger partial charge in [0.1, 0.15) is 17.4 Å². The SMILES string of the molecule is CCc1cc2c(=O)n(CC(=O)NC(CC)C(=O)O)cnc2s1. The summed E-state index contributed by atoms with van der Waals surface area (Å²) in [5, 5.41) is 11.8. The molecule has 0 bridgehead atoms. The average Bonchev–Trinajstić information content (AvgIpc) is 2.91. The van der Waals surface area contributed by atoms with Crippen LogP contribution in [-0.4, -0.2) is 32.6 Å². The van der Waals surface area contributed by atoms with Crippen molar-refractivity contribution < 1.29 is 14.7 Å². The van der Waals surface area contributed by atoms with Gasteiger partial charge in [-0.25, -0.2) is 9.78 Å². The number of carbonyl (C=O) groups is 2. The third-order valence-corrected chi connectivity index (χ3v) is 4.46. The van der Waals surface area contributed by atoms with Crippen LogP contribution >= 0.6 is 11.3 Å². The van der Waals surface area contributed by atoms with Crippen LogP contribution in [0.1, 0.15) is 25.1 Å². The summed E-state index contributed by atoms with van der Waals surface area (Å²) in [6.45, 7) is 3.41. The van der Waals surface area contributed by atoms with Crippen LogP contribution in [-0.2, 0) is 22.6 Å². The summed E-state index contributed by atoms with van der Waals surface area (Å²) in [6, 6.07) is 0.836. The minimum absolute atomic E-state index is 0.247. The van der Waals surface area contributed by atoms with E-state index >= 15 is 0 Å². The number of hydrogen-bond acceptors (Lipinski definition) is 5. The highest BCUT2D eigenvalue weighted by atomic mass is 32.1. The van der Waals surface area contributed by atoms with E-state index in [1.807, 2.05) is 6.92 Å². The maximum atomic E-state index is 12.3. The number of carboxylic acids is 1. The summed E-state index contributed by atoms with van der Waals surface area (Å²) in [7, 11) is 0. The van der Waals surface area contributed by atoms with Crippen molar-refractivity contribution in [2.24, 2.45) is 0 Å². The van der Waals surface area contributed by atoms with Crippen molar-refractivity contribution in [3.8, 4) is 0 Å². The number of amides is 1. The predicted octanol–water partition coefficient (Wildman–Crippen LogP) is 1.000. The van der Waals surface area contributed by atoms with Gasteiger partial charge in [-0.05, 0) is 18.9 Å². The molecule has 0 aliphatic rings. The van der Waals surface area contributed by atoms with Gasteiger partial charge in [0.25, 0.3) is 5.56 Å². The highest BCUT2D eigenvalue weighted by Crippen LogP contribution is 2.20. The normalized spacial score (nSPS) is 12.3. The van der Waals surface area contributed by atoms with Crippen molar-refractivity contribution in [1.29, 1.82) is 0 Å². The van der Waals surface area contributed by atoms with Crippen molar-refractivity contribution in [2.75, 3.05) is 0 Å². The fourth-order valence-electron chi connectivity index (χ4n) is 2.03. The minimum atomic E-state index is -1.10. The number of thiophene rings is 1. The molecule has 1 unspecified atom stereocenters. The van der Waals surface area contributed by atoms with E-state index in [4.69, 9.17) is 5.11 Å². The van der Waals surface area contributed by atoms with E-state index < -0.39 is 17.9 Å². The lowest BCUT2D eigenvalue weighted by Crippen LogP contribution is -2.42. The molecule has 0 radical (unpaired) electrons. The molecule has 1 amide bonds. The molecule has 0 saturated heterocycles. The number of aryl methyl sites for hydroxylation is 1. The maximum absolute atomic E-state index is 12.3. The summed E-state index contributed by atoms with van der Waals surface area (Å²) in [5.41, 5.74) is -0.292. The van der Waals surface area contributed by atoms with Gasteiger partial charge < -0.3 is 10.4 Å². The summed E-state index contributed by atoms with van der Waals surface area (Å²) in [4.78, 5) is 41.0. The number of nitrogens with one attached hydrogen (secondary N) is 1. The molecule has 0 aliphatic heterocycles. The molecule has 0 spiro atoms. The molecule has 0 fully saturated rings. The van der Waals surface area contributed by atoms with E-state index in [0.29, 0.717) is 10.2 Å². The van der Waals surface area contributed by atoms with Crippen molar-refractivity contribution in [3.63, 3.8) is 0 Å². The van der Waals surface area contributed by atoms with Crippen molar-refractivity contribution in [1.82, 2.24) is 14.9 Å². The molecule has 2 N–H and O–H groups in total. The molecule has 7 nitrogen and oxygen atoms in total. The van der Waals surface area contributed by atoms with Gasteiger partial charge in [-0.2, -0.15) is 0 Å². The Hall–Kier alpha value is -2.22. The van der Waals surface area contributed by atoms with E-state index in [1.54, 1.807) is 13.0 Å². The molecule has 22 heavy (non-hydrogen) atoms. The molecule has 1 atom stereocenters.